The summed E-state index contributed by atoms with van der Waals surface area (Å²) in [6.45, 7) is 3.12. The van der Waals surface area contributed by atoms with E-state index in [1.165, 1.54) is 0 Å². The van der Waals surface area contributed by atoms with E-state index in [2.05, 4.69) is 17.2 Å². The van der Waals surface area contributed by atoms with Gasteiger partial charge >= 0.3 is 0 Å². The van der Waals surface area contributed by atoms with Crippen LogP contribution in [0, 0.1) is 0 Å². The van der Waals surface area contributed by atoms with Crippen LogP contribution >= 0.6 is 12.8 Å². The van der Waals surface area contributed by atoms with Crippen LogP contribution in [0.5, 0.6) is 0 Å². The van der Waals surface area contributed by atoms with E-state index in [-0.39, 0.29) is 0 Å². The molecule has 5 heteroatoms. The Bertz CT molecular complexity index is 146. The molecule has 0 aliphatic carbocycles. The molecule has 0 spiro atoms. The molecule has 11 heavy (non-hydrogen) atoms. The van der Waals surface area contributed by atoms with Gasteiger partial charge in [-0.1, -0.05) is 0 Å². The first kappa shape index (κ1) is 8.67. The van der Waals surface area contributed by atoms with Crippen molar-refractivity contribution in [2.24, 2.45) is 4.40 Å². The van der Waals surface area contributed by atoms with E-state index in [4.69, 9.17) is 9.47 Å². The maximum atomic E-state index is 5.16. The van der Waals surface area contributed by atoms with Gasteiger partial charge in [0.2, 0.25) is 0 Å². The van der Waals surface area contributed by atoms with Gasteiger partial charge in [0.15, 0.2) is 0 Å². The maximum absolute atomic E-state index is 5.16. The van der Waals surface area contributed by atoms with E-state index in [9.17, 15) is 0 Å². The highest BCUT2D eigenvalue weighted by Crippen LogP contribution is 2.00. The summed E-state index contributed by atoms with van der Waals surface area (Å²) < 4.78 is 13.8. The number of nitrogens with zero attached hydrogens (tertiary/aromatic N) is 2. The summed E-state index contributed by atoms with van der Waals surface area (Å²) in [6.07, 6.45) is 0. The predicted octanol–water partition coefficient (Wildman–Crippen LogP) is 0.166. The molecule has 0 amide bonds. The molecule has 0 saturated carbocycles. The van der Waals surface area contributed by atoms with Gasteiger partial charge in [-0.2, -0.15) is 4.40 Å². The molecule has 0 N–H and O–H groups in total. The van der Waals surface area contributed by atoms with Gasteiger partial charge < -0.3 is 14.4 Å². The molecule has 64 valence electrons. The summed E-state index contributed by atoms with van der Waals surface area (Å²) in [4.78, 5) is 2.00. The summed E-state index contributed by atoms with van der Waals surface area (Å²) in [5.41, 5.74) is 0. The quantitative estimate of drug-likeness (QED) is 0.324. The normalized spacial score (nSPS) is 20.2. The Morgan fingerprint density at radius 3 is 2.64 bits per heavy atom. The third kappa shape index (κ3) is 2.27. The molecule has 1 aliphatic heterocycles. The second-order valence-corrected chi connectivity index (χ2v) is 2.39. The van der Waals surface area contributed by atoms with Crippen molar-refractivity contribution in [3.8, 4) is 0 Å². The van der Waals surface area contributed by atoms with Crippen LogP contribution < -0.4 is 0 Å². The van der Waals surface area contributed by atoms with Gasteiger partial charge in [-0.3, -0.25) is 0 Å². The van der Waals surface area contributed by atoms with Gasteiger partial charge in [0.25, 0.3) is 6.02 Å². The average Bonchev–Trinajstić information content (AvgIpc) is 2.09. The van der Waals surface area contributed by atoms with E-state index in [0.29, 0.717) is 6.02 Å². The molecule has 0 unspecified atom stereocenters. The van der Waals surface area contributed by atoms with Gasteiger partial charge in [0.1, 0.15) is 0 Å². The summed E-state index contributed by atoms with van der Waals surface area (Å²) in [5.74, 6) is 0. The van der Waals surface area contributed by atoms with E-state index in [1.54, 1.807) is 7.11 Å². The minimum absolute atomic E-state index is 0.566. The van der Waals surface area contributed by atoms with Crippen LogP contribution in [-0.2, 0) is 9.47 Å². The lowest BCUT2D eigenvalue weighted by molar-refractivity contribution is 0.0582. The lowest BCUT2D eigenvalue weighted by atomic mass is 10.4. The fourth-order valence-corrected chi connectivity index (χ4v) is 1.20. The fraction of sp³-hybridized carbons (Fsp3) is 0.833. The van der Waals surface area contributed by atoms with Crippen molar-refractivity contribution in [2.45, 2.75) is 0 Å². The van der Waals surface area contributed by atoms with E-state index >= 15 is 0 Å². The van der Waals surface area contributed by atoms with E-state index in [0.717, 1.165) is 26.3 Å². The largest absolute Gasteiger partial charge is 0.468 e. The molecule has 1 saturated heterocycles. The number of amidine groups is 1. The lowest BCUT2D eigenvalue weighted by Gasteiger charge is -2.27. The Kier molecular flexibility index (Phi) is 3.51. The van der Waals surface area contributed by atoms with Crippen LogP contribution in [0.15, 0.2) is 4.40 Å². The fourth-order valence-electron chi connectivity index (χ4n) is 0.988. The highest BCUT2D eigenvalue weighted by atomic mass is 32.1. The van der Waals surface area contributed by atoms with Crippen molar-refractivity contribution >= 4 is 18.8 Å². The van der Waals surface area contributed by atoms with Crippen molar-refractivity contribution in [2.75, 3.05) is 33.4 Å². The van der Waals surface area contributed by atoms with Crippen molar-refractivity contribution < 1.29 is 9.47 Å². The molecule has 0 aromatic heterocycles. The first-order valence-electron chi connectivity index (χ1n) is 3.47. The van der Waals surface area contributed by atoms with Gasteiger partial charge in [0, 0.05) is 13.1 Å². The average molecular weight is 176 g/mol. The highest BCUT2D eigenvalue weighted by molar-refractivity contribution is 7.79. The molecule has 0 aromatic carbocycles. The standard InChI is InChI=1S/C6H12N2O2S/c1-9-6(7-11)8-2-4-10-5-3-8/h11H,2-5H2,1H3. The smallest absolute Gasteiger partial charge is 0.298 e. The lowest BCUT2D eigenvalue weighted by Crippen LogP contribution is -2.41. The number of morpholine rings is 1. The summed E-state index contributed by atoms with van der Waals surface area (Å²) >= 11 is 3.79. The number of methoxy groups -OCH3 is 1. The van der Waals surface area contributed by atoms with Crippen LogP contribution in [0.1, 0.15) is 0 Å². The van der Waals surface area contributed by atoms with Crippen LogP contribution in [-0.4, -0.2) is 44.3 Å². The number of thiol groups is 1. The minimum Gasteiger partial charge on any atom is -0.468 e. The Hall–Kier alpha value is -0.420. The third-order valence-corrected chi connectivity index (χ3v) is 1.72. The second kappa shape index (κ2) is 4.46. The van der Waals surface area contributed by atoms with Crippen molar-refractivity contribution in [1.29, 1.82) is 0 Å². The second-order valence-electron chi connectivity index (χ2n) is 2.19. The topological polar surface area (TPSA) is 34.1 Å². The van der Waals surface area contributed by atoms with Crippen LogP contribution in [0.2, 0.25) is 0 Å². The zero-order valence-electron chi connectivity index (χ0n) is 6.49. The van der Waals surface area contributed by atoms with Crippen molar-refractivity contribution in [3.05, 3.63) is 0 Å². The van der Waals surface area contributed by atoms with Crippen LogP contribution in [0.4, 0.5) is 0 Å². The predicted molar refractivity (Wildman–Crippen MR) is 45.8 cm³/mol. The Labute approximate surface area is 71.7 Å². The van der Waals surface area contributed by atoms with Crippen LogP contribution in [0.25, 0.3) is 0 Å². The summed E-state index contributed by atoms with van der Waals surface area (Å²) in [5, 5.41) is 0. The van der Waals surface area contributed by atoms with Gasteiger partial charge in [-0.25, -0.2) is 0 Å². The summed E-state index contributed by atoms with van der Waals surface area (Å²) in [6, 6.07) is 0.566. The molecular weight excluding hydrogens is 164 g/mol. The Morgan fingerprint density at radius 1 is 1.55 bits per heavy atom. The van der Waals surface area contributed by atoms with Crippen molar-refractivity contribution in [3.63, 3.8) is 0 Å². The molecule has 1 fully saturated rings. The first-order valence-corrected chi connectivity index (χ1v) is 3.87. The summed E-state index contributed by atoms with van der Waals surface area (Å²) in [7, 11) is 1.59. The van der Waals surface area contributed by atoms with Crippen LogP contribution in [0.3, 0.4) is 0 Å². The number of hydrogen-bond donors (Lipinski definition) is 1. The van der Waals surface area contributed by atoms with Crippen molar-refractivity contribution in [1.82, 2.24) is 4.90 Å². The third-order valence-electron chi connectivity index (χ3n) is 1.55. The van der Waals surface area contributed by atoms with Gasteiger partial charge in [-0.05, 0) is 12.8 Å². The Balaban J connectivity index is 2.43. The molecule has 0 atom stereocenters. The van der Waals surface area contributed by atoms with Gasteiger partial charge in [-0.15, -0.1) is 0 Å². The zero-order chi connectivity index (χ0) is 8.10. The Morgan fingerprint density at radius 2 is 2.18 bits per heavy atom. The SMILES string of the molecule is COC(=NS)N1CCOCC1. The molecule has 1 heterocycles. The molecule has 0 bridgehead atoms. The maximum Gasteiger partial charge on any atom is 0.298 e. The molecular formula is C6H12N2O2S. The molecule has 4 nitrogen and oxygen atoms in total. The molecule has 0 radical (unpaired) electrons. The van der Waals surface area contributed by atoms with Gasteiger partial charge in [0.05, 0.1) is 20.3 Å². The zero-order valence-corrected chi connectivity index (χ0v) is 7.38. The first-order chi connectivity index (χ1) is 5.38. The number of rotatable bonds is 0. The molecule has 1 rings (SSSR count). The van der Waals surface area contributed by atoms with E-state index in [1.807, 2.05) is 4.90 Å². The van der Waals surface area contributed by atoms with E-state index < -0.39 is 0 Å². The number of ether oxygens (including phenoxy) is 2. The monoisotopic (exact) mass is 176 g/mol. The number of hydrogen-bond acceptors (Lipinski definition) is 4. The molecule has 1 aliphatic rings. The molecule has 0 aromatic rings. The highest BCUT2D eigenvalue weighted by Gasteiger charge is 2.14. The minimum atomic E-state index is 0.566.